The van der Waals surface area contributed by atoms with Crippen LogP contribution in [0.2, 0.25) is 0 Å². The summed E-state index contributed by atoms with van der Waals surface area (Å²) in [6.45, 7) is 3.49. The molecule has 0 amide bonds. The van der Waals surface area contributed by atoms with Crippen molar-refractivity contribution in [2.24, 2.45) is 0 Å². The lowest BCUT2D eigenvalue weighted by molar-refractivity contribution is -0.231. The van der Waals surface area contributed by atoms with Crippen molar-refractivity contribution >= 4 is 21.9 Å². The Bertz CT molecular complexity index is 1520. The Morgan fingerprint density at radius 1 is 0.949 bits per heavy atom. The third kappa shape index (κ3) is 6.27. The fraction of sp³-hybridized carbons (Fsp3) is 0.261. The van der Waals surface area contributed by atoms with Crippen LogP contribution in [0.25, 0.3) is 22.3 Å². The van der Waals surface area contributed by atoms with Crippen molar-refractivity contribution in [3.05, 3.63) is 60.2 Å². The Balaban J connectivity index is 2.15. The van der Waals surface area contributed by atoms with E-state index in [1.54, 1.807) is 0 Å². The van der Waals surface area contributed by atoms with Gasteiger partial charge in [0.1, 0.15) is 5.82 Å². The van der Waals surface area contributed by atoms with Crippen LogP contribution < -0.4 is 5.73 Å². The van der Waals surface area contributed by atoms with Crippen LogP contribution in [0.5, 0.6) is 0 Å². The number of carbonyl (C=O) groups is 1. The van der Waals surface area contributed by atoms with E-state index in [0.717, 1.165) is 45.0 Å². The first-order valence-electron chi connectivity index (χ1n) is 10.7. The Hall–Kier alpha value is -3.79. The van der Waals surface area contributed by atoms with Crippen LogP contribution in [0.15, 0.2) is 53.6 Å². The number of nitrogens with zero attached hydrogens (tertiary/aromatic N) is 3. The van der Waals surface area contributed by atoms with Gasteiger partial charge < -0.3 is 10.6 Å². The largest absolute Gasteiger partial charge is 0.492 e. The lowest BCUT2D eigenvalue weighted by Crippen LogP contribution is -2.48. The predicted octanol–water partition coefficient (Wildman–Crippen LogP) is 5.36. The molecule has 8 nitrogen and oxygen atoms in total. The lowest BCUT2D eigenvalue weighted by atomic mass is 9.99. The van der Waals surface area contributed by atoms with Crippen molar-refractivity contribution < 1.29 is 48.8 Å². The molecule has 0 saturated heterocycles. The molecule has 1 aromatic heterocycles. The summed E-state index contributed by atoms with van der Waals surface area (Å²) in [6, 6.07) is 7.44. The van der Waals surface area contributed by atoms with E-state index in [-0.39, 0.29) is 15.6 Å². The fourth-order valence-corrected chi connectivity index (χ4v) is 5.18. The summed E-state index contributed by atoms with van der Waals surface area (Å²) in [7, 11) is -5.01. The van der Waals surface area contributed by atoms with Crippen LogP contribution in [-0.4, -0.2) is 40.5 Å². The Morgan fingerprint density at radius 3 is 2.10 bits per heavy atom. The third-order valence-electron chi connectivity index (χ3n) is 4.97. The van der Waals surface area contributed by atoms with Crippen molar-refractivity contribution in [2.45, 2.75) is 43.6 Å². The van der Waals surface area contributed by atoms with E-state index in [0.29, 0.717) is 6.20 Å². The van der Waals surface area contributed by atoms with Crippen LogP contribution in [0.1, 0.15) is 26.5 Å². The zero-order valence-electron chi connectivity index (χ0n) is 20.2. The molecule has 0 aliphatic carbocycles. The first-order valence-corrected chi connectivity index (χ1v) is 12.1. The molecule has 3 rings (SSSR count). The molecule has 2 aromatic carbocycles. The molecule has 0 bridgehead atoms. The highest BCUT2D eigenvalue weighted by molar-refractivity contribution is 7.89. The summed E-state index contributed by atoms with van der Waals surface area (Å²) in [4.78, 5) is 21.7. The van der Waals surface area contributed by atoms with Gasteiger partial charge in [-0.25, -0.2) is 27.6 Å². The van der Waals surface area contributed by atoms with Gasteiger partial charge in [0.15, 0.2) is 5.69 Å². The molecule has 39 heavy (non-hydrogen) atoms. The van der Waals surface area contributed by atoms with Gasteiger partial charge in [-0.05, 0) is 42.9 Å². The maximum absolute atomic E-state index is 15.2. The summed E-state index contributed by atoms with van der Waals surface area (Å²) in [6.07, 6.45) is -9.85. The number of aromatic nitrogens is 2. The first-order chi connectivity index (χ1) is 17.7. The number of carbonyl (C=O) groups excluding carboxylic acids is 1. The second kappa shape index (κ2) is 10.1. The quantitative estimate of drug-likeness (QED) is 0.319. The molecule has 0 atom stereocenters. The monoisotopic (exact) mass is 580 g/mol. The molecule has 0 aliphatic heterocycles. The van der Waals surface area contributed by atoms with Crippen LogP contribution in [-0.2, 0) is 25.8 Å². The van der Waals surface area contributed by atoms with Gasteiger partial charge in [-0.1, -0.05) is 30.3 Å². The molecule has 0 aliphatic rings. The molecule has 2 N–H and O–H groups in total. The molecule has 0 fully saturated rings. The minimum atomic E-state index is -5.52. The maximum Gasteiger partial charge on any atom is 0.492 e. The Morgan fingerprint density at radius 2 is 1.56 bits per heavy atom. The second-order valence-corrected chi connectivity index (χ2v) is 10.7. The number of anilines is 1. The van der Waals surface area contributed by atoms with E-state index >= 15 is 4.39 Å². The number of sulfonamides is 1. The molecule has 0 spiro atoms. The predicted molar refractivity (Wildman–Crippen MR) is 123 cm³/mol. The fourth-order valence-electron chi connectivity index (χ4n) is 3.40. The van der Waals surface area contributed by atoms with E-state index in [2.05, 4.69) is 14.8 Å². The number of hydrogen-bond acceptors (Lipinski definition) is 7. The third-order valence-corrected chi connectivity index (χ3v) is 6.95. The number of alkyl halides is 6. The van der Waals surface area contributed by atoms with Crippen LogP contribution in [0.4, 0.5) is 36.7 Å². The van der Waals surface area contributed by atoms with Crippen molar-refractivity contribution in [1.29, 1.82) is 0 Å². The summed E-state index contributed by atoms with van der Waals surface area (Å²) >= 11 is 0. The van der Waals surface area contributed by atoms with Gasteiger partial charge in [-0.3, -0.25) is 0 Å². The number of halogens is 7. The summed E-state index contributed by atoms with van der Waals surface area (Å²) in [5.74, 6) is -4.72. The standard InChI is InChI=1S/C23H19F7N4O4S/c1-21(2,3)34(38-19(35)23(28,29)30)39(36,37)17-7-5-4-6-13(17)12-8-9-14(16(24)10-12)15-11-32-20(31)33-18(15)22(25,26)27/h4-11H,1-3H3,(H2,31,32,33). The number of hydroxylamine groups is 1. The van der Waals surface area contributed by atoms with Gasteiger partial charge >= 0.3 is 18.3 Å². The van der Waals surface area contributed by atoms with Gasteiger partial charge in [0.2, 0.25) is 5.95 Å². The summed E-state index contributed by atoms with van der Waals surface area (Å²) < 4.78 is 121. The van der Waals surface area contributed by atoms with E-state index in [1.807, 2.05) is 0 Å². The number of hydrogen-bond donors (Lipinski definition) is 1. The van der Waals surface area contributed by atoms with E-state index in [1.165, 1.54) is 18.2 Å². The molecule has 3 aromatic rings. The molecule has 1 heterocycles. The van der Waals surface area contributed by atoms with Gasteiger partial charge in [0.05, 0.1) is 10.4 Å². The van der Waals surface area contributed by atoms with Crippen LogP contribution in [0.3, 0.4) is 0 Å². The first kappa shape index (κ1) is 29.8. The Kier molecular flexibility index (Phi) is 7.68. The summed E-state index contributed by atoms with van der Waals surface area (Å²) in [5.41, 5.74) is 0.296. The average Bonchev–Trinajstić information content (AvgIpc) is 2.80. The molecule has 210 valence electrons. The topological polar surface area (TPSA) is 115 Å². The molecular formula is C23H19F7N4O4S. The Labute approximate surface area is 217 Å². The van der Waals surface area contributed by atoms with Crippen molar-refractivity contribution in [2.75, 3.05) is 5.73 Å². The summed E-state index contributed by atoms with van der Waals surface area (Å²) in [5, 5.41) is 0. The van der Waals surface area contributed by atoms with Crippen molar-refractivity contribution in [1.82, 2.24) is 14.4 Å². The zero-order valence-corrected chi connectivity index (χ0v) is 21.0. The smallest absolute Gasteiger partial charge is 0.368 e. The number of nitrogens with two attached hydrogens (primary N) is 1. The number of benzene rings is 2. The molecule has 16 heteroatoms. The van der Waals surface area contributed by atoms with Crippen LogP contribution in [0, 0.1) is 5.82 Å². The highest BCUT2D eigenvalue weighted by atomic mass is 32.2. The minimum absolute atomic E-state index is 0.124. The number of rotatable bonds is 5. The molecule has 0 saturated carbocycles. The van der Waals surface area contributed by atoms with Gasteiger partial charge in [-0.2, -0.15) is 26.3 Å². The highest BCUT2D eigenvalue weighted by Crippen LogP contribution is 2.39. The second-order valence-electron chi connectivity index (χ2n) is 8.96. The average molecular weight is 580 g/mol. The van der Waals surface area contributed by atoms with E-state index < -0.39 is 67.4 Å². The molecule has 0 radical (unpaired) electrons. The van der Waals surface area contributed by atoms with E-state index in [9.17, 15) is 39.6 Å². The molecule has 0 unspecified atom stereocenters. The SMILES string of the molecule is CC(C)(C)N(OC(=O)C(F)(F)F)S(=O)(=O)c1ccccc1-c1ccc(-c2cnc(N)nc2C(F)(F)F)c(F)c1. The maximum atomic E-state index is 15.2. The van der Waals surface area contributed by atoms with E-state index in [4.69, 9.17) is 5.73 Å². The normalized spacial score (nSPS) is 13.0. The van der Waals surface area contributed by atoms with Crippen molar-refractivity contribution in [3.63, 3.8) is 0 Å². The van der Waals surface area contributed by atoms with Crippen LogP contribution >= 0.6 is 0 Å². The van der Waals surface area contributed by atoms with Gasteiger partial charge in [0, 0.05) is 22.9 Å². The minimum Gasteiger partial charge on any atom is -0.368 e. The lowest BCUT2D eigenvalue weighted by Gasteiger charge is -2.32. The number of nitrogen functional groups attached to an aromatic ring is 1. The zero-order chi connectivity index (χ0) is 29.6. The van der Waals surface area contributed by atoms with Gasteiger partial charge in [-0.15, -0.1) is 0 Å². The van der Waals surface area contributed by atoms with Crippen molar-refractivity contribution in [3.8, 4) is 22.3 Å². The highest BCUT2D eigenvalue weighted by Gasteiger charge is 2.47. The molecular weight excluding hydrogens is 561 g/mol. The van der Waals surface area contributed by atoms with Gasteiger partial charge in [0.25, 0.3) is 10.0 Å².